The van der Waals surface area contributed by atoms with E-state index >= 15 is 0 Å². The van der Waals surface area contributed by atoms with Gasteiger partial charge in [-0.3, -0.25) is 4.98 Å². The molecule has 1 aromatic heterocycles. The summed E-state index contributed by atoms with van der Waals surface area (Å²) in [6, 6.07) is 26.2. The van der Waals surface area contributed by atoms with E-state index in [1.807, 2.05) is 12.3 Å². The Morgan fingerprint density at radius 1 is 0.536 bits per heavy atom. The van der Waals surface area contributed by atoms with Crippen molar-refractivity contribution >= 4 is 0 Å². The third-order valence-corrected chi connectivity index (χ3v) is 5.05. The molecule has 0 aliphatic carbocycles. The predicted octanol–water partition coefficient (Wildman–Crippen LogP) is 7.32. The normalized spacial score (nSPS) is 10.9. The highest BCUT2D eigenvalue weighted by atomic mass is 14.7. The van der Waals surface area contributed by atoms with Crippen LogP contribution in [0.15, 0.2) is 79.0 Å². The summed E-state index contributed by atoms with van der Waals surface area (Å²) in [6.45, 7) is 8.63. The Morgan fingerprint density at radius 3 is 1.46 bits per heavy atom. The molecular weight excluding hydrogens is 338 g/mol. The first-order valence-electron chi connectivity index (χ1n) is 9.73. The second-order valence-corrected chi connectivity index (χ2v) is 7.70. The largest absolute Gasteiger partial charge is 0.256 e. The van der Waals surface area contributed by atoms with Gasteiger partial charge in [0.25, 0.3) is 0 Å². The van der Waals surface area contributed by atoms with Crippen LogP contribution in [0.5, 0.6) is 0 Å². The fourth-order valence-corrected chi connectivity index (χ4v) is 4.08. The molecule has 0 atom stereocenters. The van der Waals surface area contributed by atoms with Gasteiger partial charge in [0.2, 0.25) is 0 Å². The first-order valence-corrected chi connectivity index (χ1v) is 9.73. The van der Waals surface area contributed by atoms with Crippen LogP contribution < -0.4 is 0 Å². The maximum absolute atomic E-state index is 4.71. The highest BCUT2D eigenvalue weighted by molar-refractivity contribution is 5.93. The molecule has 0 amide bonds. The number of aryl methyl sites for hydroxylation is 4. The Morgan fingerprint density at radius 2 is 1.04 bits per heavy atom. The van der Waals surface area contributed by atoms with Crippen molar-refractivity contribution in [3.8, 4) is 33.5 Å². The van der Waals surface area contributed by atoms with Gasteiger partial charge in [-0.1, -0.05) is 82.9 Å². The molecule has 0 spiro atoms. The highest BCUT2D eigenvalue weighted by Crippen LogP contribution is 2.40. The quantitative estimate of drug-likeness (QED) is 0.372. The van der Waals surface area contributed by atoms with Crippen molar-refractivity contribution in [2.24, 2.45) is 0 Å². The zero-order chi connectivity index (χ0) is 19.7. The van der Waals surface area contributed by atoms with Gasteiger partial charge in [-0.2, -0.15) is 0 Å². The van der Waals surface area contributed by atoms with E-state index in [1.165, 1.54) is 50.1 Å². The van der Waals surface area contributed by atoms with E-state index in [2.05, 4.69) is 94.4 Å². The van der Waals surface area contributed by atoms with E-state index in [4.69, 9.17) is 4.98 Å². The van der Waals surface area contributed by atoms with Gasteiger partial charge < -0.3 is 0 Å². The van der Waals surface area contributed by atoms with E-state index < -0.39 is 0 Å². The van der Waals surface area contributed by atoms with Crippen LogP contribution in [-0.2, 0) is 0 Å². The van der Waals surface area contributed by atoms with Crippen LogP contribution in [0.4, 0.5) is 0 Å². The second-order valence-electron chi connectivity index (χ2n) is 7.70. The number of aromatic nitrogens is 1. The van der Waals surface area contributed by atoms with Crippen molar-refractivity contribution in [2.45, 2.75) is 27.7 Å². The number of hydrogen-bond donors (Lipinski definition) is 0. The molecule has 28 heavy (non-hydrogen) atoms. The minimum atomic E-state index is 1.01. The first-order chi connectivity index (χ1) is 13.5. The third kappa shape index (κ3) is 3.61. The van der Waals surface area contributed by atoms with Gasteiger partial charge in [-0.15, -0.1) is 0 Å². The lowest BCUT2D eigenvalue weighted by molar-refractivity contribution is 1.32. The summed E-state index contributed by atoms with van der Waals surface area (Å²) in [6.07, 6.45) is 1.87. The predicted molar refractivity (Wildman–Crippen MR) is 119 cm³/mol. The Kier molecular flexibility index (Phi) is 4.83. The minimum Gasteiger partial charge on any atom is -0.256 e. The van der Waals surface area contributed by atoms with Gasteiger partial charge in [0.1, 0.15) is 0 Å². The minimum absolute atomic E-state index is 1.01. The second kappa shape index (κ2) is 7.44. The van der Waals surface area contributed by atoms with Gasteiger partial charge in [-0.25, -0.2) is 0 Å². The summed E-state index contributed by atoms with van der Waals surface area (Å²) >= 11 is 0. The molecule has 1 nitrogen and oxygen atoms in total. The smallest absolute Gasteiger partial charge is 0.0714 e. The van der Waals surface area contributed by atoms with Gasteiger partial charge in [0, 0.05) is 11.8 Å². The maximum Gasteiger partial charge on any atom is 0.0714 e. The molecule has 0 bridgehead atoms. The van der Waals surface area contributed by atoms with Crippen molar-refractivity contribution < 1.29 is 0 Å². The summed E-state index contributed by atoms with van der Waals surface area (Å²) in [5.41, 5.74) is 12.2. The molecule has 1 heteroatoms. The average molecular weight is 364 g/mol. The third-order valence-electron chi connectivity index (χ3n) is 5.05. The van der Waals surface area contributed by atoms with Gasteiger partial charge in [0.15, 0.2) is 0 Å². The molecule has 4 rings (SSSR count). The molecule has 0 aliphatic rings. The zero-order valence-electron chi connectivity index (χ0n) is 17.0. The lowest BCUT2D eigenvalue weighted by Crippen LogP contribution is -1.94. The monoisotopic (exact) mass is 363 g/mol. The fourth-order valence-electron chi connectivity index (χ4n) is 4.08. The van der Waals surface area contributed by atoms with Crippen molar-refractivity contribution in [3.63, 3.8) is 0 Å². The van der Waals surface area contributed by atoms with Crippen LogP contribution in [0, 0.1) is 27.7 Å². The Balaban J connectivity index is 2.05. The van der Waals surface area contributed by atoms with Crippen molar-refractivity contribution in [3.05, 3.63) is 101 Å². The lowest BCUT2D eigenvalue weighted by atomic mass is 9.88. The molecule has 138 valence electrons. The van der Waals surface area contributed by atoms with Crippen LogP contribution in [0.25, 0.3) is 33.5 Å². The molecule has 3 aromatic carbocycles. The van der Waals surface area contributed by atoms with E-state index in [1.54, 1.807) is 0 Å². The number of benzene rings is 3. The van der Waals surface area contributed by atoms with Gasteiger partial charge in [0.05, 0.1) is 5.69 Å². The maximum atomic E-state index is 4.71. The molecule has 0 unspecified atom stereocenters. The molecule has 1 heterocycles. The molecule has 0 saturated heterocycles. The van der Waals surface area contributed by atoms with Gasteiger partial charge >= 0.3 is 0 Å². The van der Waals surface area contributed by atoms with Gasteiger partial charge in [-0.05, 0) is 62.1 Å². The summed E-state index contributed by atoms with van der Waals surface area (Å²) in [5.74, 6) is 0. The van der Waals surface area contributed by atoms with E-state index in [-0.39, 0.29) is 0 Å². The van der Waals surface area contributed by atoms with Crippen LogP contribution in [-0.4, -0.2) is 4.98 Å². The molecular formula is C27H25N. The fraction of sp³-hybridized carbons (Fsp3) is 0.148. The molecule has 0 aliphatic heterocycles. The highest BCUT2D eigenvalue weighted by Gasteiger charge is 2.15. The zero-order valence-corrected chi connectivity index (χ0v) is 17.0. The van der Waals surface area contributed by atoms with E-state index in [0.29, 0.717) is 0 Å². The van der Waals surface area contributed by atoms with E-state index in [0.717, 1.165) is 5.69 Å². The van der Waals surface area contributed by atoms with Crippen LogP contribution in [0.1, 0.15) is 22.3 Å². The SMILES string of the molecule is Cc1cc(C)cc(-c2cccc(-c3cc(C)cc(C)c3)c2-c2ccccn2)c1. The van der Waals surface area contributed by atoms with Crippen molar-refractivity contribution in [2.75, 3.05) is 0 Å². The van der Waals surface area contributed by atoms with Crippen molar-refractivity contribution in [1.82, 2.24) is 4.98 Å². The lowest BCUT2D eigenvalue weighted by Gasteiger charge is -2.17. The van der Waals surface area contributed by atoms with Crippen LogP contribution in [0.3, 0.4) is 0 Å². The summed E-state index contributed by atoms with van der Waals surface area (Å²) in [4.78, 5) is 4.71. The Hall–Kier alpha value is -3.19. The molecule has 0 saturated carbocycles. The topological polar surface area (TPSA) is 12.9 Å². The molecule has 0 fully saturated rings. The standard InChI is InChI=1S/C27H25N/c1-18-12-19(2)15-22(14-18)24-8-7-9-25(23-16-20(3)13-21(4)17-23)27(24)26-10-5-6-11-28-26/h5-17H,1-4H3. The number of hydrogen-bond acceptors (Lipinski definition) is 1. The average Bonchev–Trinajstić information content (AvgIpc) is 2.66. The van der Waals surface area contributed by atoms with Crippen LogP contribution in [0.2, 0.25) is 0 Å². The number of pyridine rings is 1. The van der Waals surface area contributed by atoms with Crippen LogP contribution >= 0.6 is 0 Å². The summed E-state index contributed by atoms with van der Waals surface area (Å²) in [7, 11) is 0. The Labute approximate surface area is 167 Å². The van der Waals surface area contributed by atoms with Crippen molar-refractivity contribution in [1.29, 1.82) is 0 Å². The molecule has 0 N–H and O–H groups in total. The molecule has 4 aromatic rings. The first kappa shape index (κ1) is 18.2. The molecule has 0 radical (unpaired) electrons. The van der Waals surface area contributed by atoms with E-state index in [9.17, 15) is 0 Å². The summed E-state index contributed by atoms with van der Waals surface area (Å²) in [5, 5.41) is 0. The summed E-state index contributed by atoms with van der Waals surface area (Å²) < 4.78 is 0. The number of nitrogens with zero attached hydrogens (tertiary/aromatic N) is 1. The number of rotatable bonds is 3. The Bertz CT molecular complexity index is 1030.